The maximum atomic E-state index is 13.4. The molecule has 2 aromatic carbocycles. The zero-order valence-corrected chi connectivity index (χ0v) is 20.4. The number of thiocarbonyl (C=S) groups is 1. The number of pyridine rings is 1. The predicted octanol–water partition coefficient (Wildman–Crippen LogP) is 5.81. The van der Waals surface area contributed by atoms with E-state index in [1.54, 1.807) is 30.3 Å². The minimum absolute atomic E-state index is 0.0187. The topological polar surface area (TPSA) is 63.6 Å². The zero-order valence-electron chi connectivity index (χ0n) is 18.7. The predicted molar refractivity (Wildman–Crippen MR) is 139 cm³/mol. The average Bonchev–Trinajstić information content (AvgIpc) is 2.84. The Morgan fingerprint density at radius 2 is 1.65 bits per heavy atom. The summed E-state index contributed by atoms with van der Waals surface area (Å²) in [6.45, 7) is 4.14. The maximum Gasteiger partial charge on any atom is 0.270 e. The quantitative estimate of drug-likeness (QED) is 0.269. The summed E-state index contributed by atoms with van der Waals surface area (Å²) < 4.78 is 8.33. The maximum absolute atomic E-state index is 13.4. The third-order valence-corrected chi connectivity index (χ3v) is 6.28. The standard InChI is InChI=1S/C26H23N3O3S2/c1-3-17(2)28-15-7-8-18(25(28)33)16-22-23(30)27-26(34)29(24(22)31)19-11-13-21(14-12-19)32-20-9-5-4-6-10-20/h4-17H,3H2,1-2H3,(H,27,30,34). The van der Waals surface area contributed by atoms with Crippen LogP contribution in [0.3, 0.4) is 0 Å². The fraction of sp³-hybridized carbons (Fsp3) is 0.154. The molecule has 4 rings (SSSR count). The van der Waals surface area contributed by atoms with E-state index in [1.807, 2.05) is 47.2 Å². The lowest BCUT2D eigenvalue weighted by atomic mass is 10.1. The van der Waals surface area contributed by atoms with Crippen molar-refractivity contribution >= 4 is 53.1 Å². The van der Waals surface area contributed by atoms with Gasteiger partial charge >= 0.3 is 0 Å². The molecule has 0 bridgehead atoms. The second-order valence-electron chi connectivity index (χ2n) is 7.80. The SMILES string of the molecule is CCC(C)n1cccc(C=C2C(=O)NC(=S)N(c3ccc(Oc4ccccc4)cc3)C2=O)c1=S. The zero-order chi connectivity index (χ0) is 24.2. The molecule has 1 aliphatic heterocycles. The Morgan fingerprint density at radius 3 is 2.32 bits per heavy atom. The summed E-state index contributed by atoms with van der Waals surface area (Å²) in [5, 5.41) is 2.63. The summed E-state index contributed by atoms with van der Waals surface area (Å²) in [7, 11) is 0. The van der Waals surface area contributed by atoms with Crippen molar-refractivity contribution in [2.45, 2.75) is 26.3 Å². The summed E-state index contributed by atoms with van der Waals surface area (Å²) in [6.07, 6.45) is 4.34. The van der Waals surface area contributed by atoms with Gasteiger partial charge in [-0.1, -0.05) is 43.4 Å². The molecule has 1 fully saturated rings. The van der Waals surface area contributed by atoms with Gasteiger partial charge in [-0.3, -0.25) is 19.8 Å². The van der Waals surface area contributed by atoms with Crippen LogP contribution in [0.1, 0.15) is 31.9 Å². The lowest BCUT2D eigenvalue weighted by Gasteiger charge is -2.29. The van der Waals surface area contributed by atoms with Crippen LogP contribution in [0, 0.1) is 4.64 Å². The number of benzene rings is 2. The number of aromatic nitrogens is 1. The second kappa shape index (κ2) is 10.1. The largest absolute Gasteiger partial charge is 0.457 e. The van der Waals surface area contributed by atoms with Crippen LogP contribution < -0.4 is 15.0 Å². The number of hydrogen-bond acceptors (Lipinski definition) is 5. The number of ether oxygens (including phenoxy) is 1. The van der Waals surface area contributed by atoms with Gasteiger partial charge in [0.2, 0.25) is 0 Å². The van der Waals surface area contributed by atoms with Crippen molar-refractivity contribution in [1.29, 1.82) is 0 Å². The van der Waals surface area contributed by atoms with Crippen molar-refractivity contribution in [1.82, 2.24) is 9.88 Å². The highest BCUT2D eigenvalue weighted by Gasteiger charge is 2.34. The molecular weight excluding hydrogens is 466 g/mol. The van der Waals surface area contributed by atoms with Gasteiger partial charge in [-0.2, -0.15) is 0 Å². The summed E-state index contributed by atoms with van der Waals surface area (Å²) in [6, 6.07) is 20.1. The van der Waals surface area contributed by atoms with E-state index in [1.165, 1.54) is 11.0 Å². The molecule has 1 unspecified atom stereocenters. The van der Waals surface area contributed by atoms with E-state index in [4.69, 9.17) is 29.2 Å². The first-order valence-corrected chi connectivity index (χ1v) is 11.7. The normalized spacial score (nSPS) is 15.9. The van der Waals surface area contributed by atoms with Crippen molar-refractivity contribution in [2.24, 2.45) is 0 Å². The minimum Gasteiger partial charge on any atom is -0.457 e. The van der Waals surface area contributed by atoms with Crippen molar-refractivity contribution in [3.63, 3.8) is 0 Å². The number of hydrogen-bond donors (Lipinski definition) is 1. The minimum atomic E-state index is -0.552. The number of carbonyl (C=O) groups is 2. The Morgan fingerprint density at radius 1 is 0.971 bits per heavy atom. The lowest BCUT2D eigenvalue weighted by Crippen LogP contribution is -2.54. The molecule has 8 heteroatoms. The number of para-hydroxylation sites is 1. The van der Waals surface area contributed by atoms with Gasteiger partial charge in [-0.05, 0) is 74.1 Å². The van der Waals surface area contributed by atoms with Crippen LogP contribution in [0.5, 0.6) is 11.5 Å². The van der Waals surface area contributed by atoms with Crippen LogP contribution in [0.15, 0.2) is 78.5 Å². The van der Waals surface area contributed by atoms with Gasteiger partial charge in [0.15, 0.2) is 5.11 Å². The Hall–Kier alpha value is -3.62. The lowest BCUT2D eigenvalue weighted by molar-refractivity contribution is -0.122. The molecule has 34 heavy (non-hydrogen) atoms. The molecule has 0 aliphatic carbocycles. The highest BCUT2D eigenvalue weighted by Crippen LogP contribution is 2.27. The highest BCUT2D eigenvalue weighted by molar-refractivity contribution is 7.80. The molecule has 6 nitrogen and oxygen atoms in total. The number of anilines is 1. The molecule has 3 aromatic rings. The molecule has 2 amide bonds. The molecule has 1 aliphatic rings. The van der Waals surface area contributed by atoms with Crippen molar-refractivity contribution in [3.05, 3.63) is 88.7 Å². The smallest absolute Gasteiger partial charge is 0.270 e. The first-order chi connectivity index (χ1) is 16.4. The monoisotopic (exact) mass is 489 g/mol. The van der Waals surface area contributed by atoms with Crippen LogP contribution in [-0.4, -0.2) is 21.5 Å². The first-order valence-electron chi connectivity index (χ1n) is 10.8. The molecule has 172 valence electrons. The van der Waals surface area contributed by atoms with Crippen molar-refractivity contribution in [3.8, 4) is 11.5 Å². The van der Waals surface area contributed by atoms with Gasteiger partial charge in [-0.15, -0.1) is 0 Å². The Labute approximate surface area is 208 Å². The number of amides is 2. The van der Waals surface area contributed by atoms with Gasteiger partial charge in [0.05, 0.1) is 5.69 Å². The number of rotatable bonds is 6. The van der Waals surface area contributed by atoms with Crippen LogP contribution in [0.25, 0.3) is 6.08 Å². The van der Waals surface area contributed by atoms with E-state index in [0.717, 1.165) is 6.42 Å². The Bertz CT molecular complexity index is 1330. The van der Waals surface area contributed by atoms with E-state index >= 15 is 0 Å². The molecule has 0 spiro atoms. The van der Waals surface area contributed by atoms with Crippen LogP contribution in [-0.2, 0) is 9.59 Å². The van der Waals surface area contributed by atoms with E-state index in [0.29, 0.717) is 27.4 Å². The number of carbonyl (C=O) groups excluding carboxylic acids is 2. The summed E-state index contributed by atoms with van der Waals surface area (Å²) in [5.41, 5.74) is 1.10. The number of nitrogens with zero attached hydrogens (tertiary/aromatic N) is 2. The molecule has 1 saturated heterocycles. The van der Waals surface area contributed by atoms with E-state index < -0.39 is 11.8 Å². The fourth-order valence-corrected chi connectivity index (χ4v) is 4.17. The van der Waals surface area contributed by atoms with E-state index in [2.05, 4.69) is 19.2 Å². The van der Waals surface area contributed by atoms with Gasteiger partial charge in [0.1, 0.15) is 21.7 Å². The van der Waals surface area contributed by atoms with Crippen LogP contribution >= 0.6 is 24.4 Å². The third kappa shape index (κ3) is 4.83. The summed E-state index contributed by atoms with van der Waals surface area (Å²) in [4.78, 5) is 27.3. The second-order valence-corrected chi connectivity index (χ2v) is 8.57. The Kier molecular flexibility index (Phi) is 7.00. The Balaban J connectivity index is 1.63. The molecule has 1 aromatic heterocycles. The van der Waals surface area contributed by atoms with Crippen molar-refractivity contribution < 1.29 is 14.3 Å². The van der Waals surface area contributed by atoms with Crippen LogP contribution in [0.4, 0.5) is 5.69 Å². The highest BCUT2D eigenvalue weighted by atomic mass is 32.1. The molecule has 1 atom stereocenters. The molecule has 0 saturated carbocycles. The average molecular weight is 490 g/mol. The first kappa shape index (κ1) is 23.5. The number of nitrogens with one attached hydrogen (secondary N) is 1. The van der Waals surface area contributed by atoms with Gasteiger partial charge in [0, 0.05) is 17.8 Å². The van der Waals surface area contributed by atoms with Gasteiger partial charge < -0.3 is 9.30 Å². The fourth-order valence-electron chi connectivity index (χ4n) is 3.52. The molecule has 0 radical (unpaired) electrons. The van der Waals surface area contributed by atoms with Gasteiger partial charge in [-0.25, -0.2) is 0 Å². The molecule has 2 heterocycles. The summed E-state index contributed by atoms with van der Waals surface area (Å²) >= 11 is 10.9. The summed E-state index contributed by atoms with van der Waals surface area (Å²) in [5.74, 6) is 0.247. The molecular formula is C26H23N3O3S2. The van der Waals surface area contributed by atoms with Crippen molar-refractivity contribution in [2.75, 3.05) is 4.90 Å². The van der Waals surface area contributed by atoms with E-state index in [-0.39, 0.29) is 16.7 Å². The van der Waals surface area contributed by atoms with E-state index in [9.17, 15) is 9.59 Å². The van der Waals surface area contributed by atoms with Gasteiger partial charge in [0.25, 0.3) is 11.8 Å². The van der Waals surface area contributed by atoms with Crippen LogP contribution in [0.2, 0.25) is 0 Å². The third-order valence-electron chi connectivity index (χ3n) is 5.54. The molecule has 1 N–H and O–H groups in total.